The van der Waals surface area contributed by atoms with Gasteiger partial charge >= 0.3 is 0 Å². The molecule has 23 heavy (non-hydrogen) atoms. The Morgan fingerprint density at radius 2 is 1.91 bits per heavy atom. The Morgan fingerprint density at radius 3 is 2.39 bits per heavy atom. The van der Waals surface area contributed by atoms with E-state index in [2.05, 4.69) is 71.8 Å². The Labute approximate surface area is 145 Å². The molecule has 1 aliphatic rings. The van der Waals surface area contributed by atoms with E-state index in [4.69, 9.17) is 0 Å². The molecule has 1 aromatic carbocycles. The van der Waals surface area contributed by atoms with Crippen molar-refractivity contribution in [2.75, 3.05) is 41.0 Å². The van der Waals surface area contributed by atoms with E-state index < -0.39 is 0 Å². The molecule has 0 radical (unpaired) electrons. The van der Waals surface area contributed by atoms with Crippen LogP contribution in [0.25, 0.3) is 0 Å². The highest BCUT2D eigenvalue weighted by Crippen LogP contribution is 2.34. The molecule has 0 bridgehead atoms. The zero-order chi connectivity index (χ0) is 16.8. The van der Waals surface area contributed by atoms with Gasteiger partial charge in [-0.05, 0) is 56.8 Å². The van der Waals surface area contributed by atoms with Crippen molar-refractivity contribution >= 4 is 17.7 Å². The predicted octanol–water partition coefficient (Wildman–Crippen LogP) is 2.76. The smallest absolute Gasteiger partial charge is 0.193 e. The number of likely N-dealkylation sites (N-methyl/N-ethyl adjacent to an activating group) is 1. The van der Waals surface area contributed by atoms with E-state index in [0.29, 0.717) is 6.04 Å². The van der Waals surface area contributed by atoms with Gasteiger partial charge in [0.25, 0.3) is 0 Å². The highest BCUT2D eigenvalue weighted by molar-refractivity contribution is 7.98. The van der Waals surface area contributed by atoms with Crippen LogP contribution in [0.4, 0.5) is 0 Å². The first-order chi connectivity index (χ1) is 11.0. The molecular formula is C18H30N4S. The van der Waals surface area contributed by atoms with Gasteiger partial charge in [0.1, 0.15) is 0 Å². The monoisotopic (exact) mass is 334 g/mol. The number of hydrogen-bond acceptors (Lipinski definition) is 3. The lowest BCUT2D eigenvalue weighted by atomic mass is 10.1. The summed E-state index contributed by atoms with van der Waals surface area (Å²) >= 11 is 1.78. The van der Waals surface area contributed by atoms with Crippen LogP contribution in [0.15, 0.2) is 34.2 Å². The second-order valence-electron chi connectivity index (χ2n) is 6.50. The first-order valence-electron chi connectivity index (χ1n) is 8.26. The molecule has 0 spiro atoms. The quantitative estimate of drug-likeness (QED) is 0.472. The molecule has 1 aromatic rings. The van der Waals surface area contributed by atoms with Crippen LogP contribution in [0, 0.1) is 5.92 Å². The van der Waals surface area contributed by atoms with Crippen molar-refractivity contribution in [1.29, 1.82) is 0 Å². The summed E-state index contributed by atoms with van der Waals surface area (Å²) in [6.45, 7) is 1.82. The Hall–Kier alpha value is -1.20. The van der Waals surface area contributed by atoms with Gasteiger partial charge in [0.15, 0.2) is 5.96 Å². The molecule has 0 heterocycles. The molecular weight excluding hydrogens is 304 g/mol. The minimum absolute atomic E-state index is 0.598. The molecule has 4 nitrogen and oxygen atoms in total. The SMILES string of the molecule is CN=C(NCC(C1CC1)N(C)C)N(C)Cc1ccc(SC)cc1. The number of nitrogens with zero attached hydrogens (tertiary/aromatic N) is 3. The first-order valence-corrected chi connectivity index (χ1v) is 9.48. The first kappa shape index (κ1) is 18.1. The van der Waals surface area contributed by atoms with Gasteiger partial charge in [-0.3, -0.25) is 4.99 Å². The molecule has 0 aliphatic heterocycles. The molecule has 1 atom stereocenters. The Balaban J connectivity index is 1.88. The van der Waals surface area contributed by atoms with Gasteiger partial charge in [0.05, 0.1) is 0 Å². The zero-order valence-electron chi connectivity index (χ0n) is 15.0. The second kappa shape index (κ2) is 8.60. The van der Waals surface area contributed by atoms with Crippen molar-refractivity contribution in [2.45, 2.75) is 30.3 Å². The zero-order valence-corrected chi connectivity index (χ0v) is 15.9. The van der Waals surface area contributed by atoms with E-state index in [0.717, 1.165) is 25.0 Å². The molecule has 1 N–H and O–H groups in total. The fraction of sp³-hybridized carbons (Fsp3) is 0.611. The van der Waals surface area contributed by atoms with E-state index in [1.807, 2.05) is 7.05 Å². The number of aliphatic imine (C=N–C) groups is 1. The summed E-state index contributed by atoms with van der Waals surface area (Å²) in [7, 11) is 8.30. The van der Waals surface area contributed by atoms with Crippen LogP contribution in [0.2, 0.25) is 0 Å². The van der Waals surface area contributed by atoms with Gasteiger partial charge in [-0.1, -0.05) is 12.1 Å². The maximum Gasteiger partial charge on any atom is 0.193 e. The summed E-state index contributed by atoms with van der Waals surface area (Å²) in [4.78, 5) is 10.3. The summed E-state index contributed by atoms with van der Waals surface area (Å²) in [5.74, 6) is 1.81. The van der Waals surface area contributed by atoms with Crippen molar-refractivity contribution in [3.63, 3.8) is 0 Å². The summed E-state index contributed by atoms with van der Waals surface area (Å²) in [5.41, 5.74) is 1.31. The van der Waals surface area contributed by atoms with Crippen LogP contribution in [-0.4, -0.2) is 62.8 Å². The molecule has 1 fully saturated rings. The molecule has 2 rings (SSSR count). The van der Waals surface area contributed by atoms with Gasteiger partial charge in [-0.2, -0.15) is 0 Å². The largest absolute Gasteiger partial charge is 0.355 e. The van der Waals surface area contributed by atoms with Crippen LogP contribution in [0.1, 0.15) is 18.4 Å². The molecule has 128 valence electrons. The second-order valence-corrected chi connectivity index (χ2v) is 7.38. The normalized spacial score (nSPS) is 16.5. The third-order valence-electron chi connectivity index (χ3n) is 4.45. The Kier molecular flexibility index (Phi) is 6.78. The fourth-order valence-electron chi connectivity index (χ4n) is 2.91. The van der Waals surface area contributed by atoms with Crippen molar-refractivity contribution in [3.05, 3.63) is 29.8 Å². The average molecular weight is 335 g/mol. The molecule has 0 aromatic heterocycles. The number of benzene rings is 1. The summed E-state index contributed by atoms with van der Waals surface area (Å²) < 4.78 is 0. The summed E-state index contributed by atoms with van der Waals surface area (Å²) in [6.07, 6.45) is 4.83. The molecule has 1 aliphatic carbocycles. The topological polar surface area (TPSA) is 30.9 Å². The van der Waals surface area contributed by atoms with Crippen molar-refractivity contribution in [1.82, 2.24) is 15.1 Å². The van der Waals surface area contributed by atoms with Crippen molar-refractivity contribution in [3.8, 4) is 0 Å². The Bertz CT molecular complexity index is 506. The van der Waals surface area contributed by atoms with E-state index in [-0.39, 0.29) is 0 Å². The number of hydrogen-bond donors (Lipinski definition) is 1. The fourth-order valence-corrected chi connectivity index (χ4v) is 3.32. The molecule has 1 saturated carbocycles. The summed E-state index contributed by atoms with van der Waals surface area (Å²) in [6, 6.07) is 9.35. The van der Waals surface area contributed by atoms with E-state index in [9.17, 15) is 0 Å². The van der Waals surface area contributed by atoms with Gasteiger partial charge in [0, 0.05) is 38.1 Å². The lowest BCUT2D eigenvalue weighted by Crippen LogP contribution is -2.46. The van der Waals surface area contributed by atoms with Crippen LogP contribution in [0.3, 0.4) is 0 Å². The lowest BCUT2D eigenvalue weighted by Gasteiger charge is -2.28. The van der Waals surface area contributed by atoms with Gasteiger partial charge in [-0.15, -0.1) is 11.8 Å². The maximum absolute atomic E-state index is 4.44. The van der Waals surface area contributed by atoms with Crippen LogP contribution in [-0.2, 0) is 6.54 Å². The number of guanidine groups is 1. The third-order valence-corrected chi connectivity index (χ3v) is 5.19. The van der Waals surface area contributed by atoms with E-state index in [1.165, 1.54) is 23.3 Å². The predicted molar refractivity (Wildman–Crippen MR) is 101 cm³/mol. The van der Waals surface area contributed by atoms with E-state index >= 15 is 0 Å². The number of thioether (sulfide) groups is 1. The van der Waals surface area contributed by atoms with Crippen LogP contribution in [0.5, 0.6) is 0 Å². The third kappa shape index (κ3) is 5.43. The molecule has 0 amide bonds. The van der Waals surface area contributed by atoms with Gasteiger partial charge in [-0.25, -0.2) is 0 Å². The minimum Gasteiger partial charge on any atom is -0.355 e. The van der Waals surface area contributed by atoms with Crippen molar-refractivity contribution in [2.24, 2.45) is 10.9 Å². The molecule has 5 heteroatoms. The van der Waals surface area contributed by atoms with Crippen molar-refractivity contribution < 1.29 is 0 Å². The van der Waals surface area contributed by atoms with Crippen LogP contribution >= 0.6 is 11.8 Å². The van der Waals surface area contributed by atoms with Gasteiger partial charge < -0.3 is 15.1 Å². The highest BCUT2D eigenvalue weighted by Gasteiger charge is 2.32. The Morgan fingerprint density at radius 1 is 1.26 bits per heavy atom. The van der Waals surface area contributed by atoms with Crippen LogP contribution < -0.4 is 5.32 Å². The standard InChI is InChI=1S/C18H30N4S/c1-19-18(20-12-17(21(2)3)15-8-9-15)22(4)13-14-6-10-16(23-5)11-7-14/h6-7,10-11,15,17H,8-9,12-13H2,1-5H3,(H,19,20). The summed E-state index contributed by atoms with van der Waals surface area (Å²) in [5, 5.41) is 3.54. The number of nitrogens with one attached hydrogen (secondary N) is 1. The maximum atomic E-state index is 4.44. The molecule has 1 unspecified atom stereocenters. The van der Waals surface area contributed by atoms with E-state index in [1.54, 1.807) is 11.8 Å². The van der Waals surface area contributed by atoms with Gasteiger partial charge in [0.2, 0.25) is 0 Å². The highest BCUT2D eigenvalue weighted by atomic mass is 32.2. The molecule has 0 saturated heterocycles. The average Bonchev–Trinajstić information content (AvgIpc) is 3.36. The lowest BCUT2D eigenvalue weighted by molar-refractivity contribution is 0.262. The number of rotatable bonds is 7. The minimum atomic E-state index is 0.598.